The van der Waals surface area contributed by atoms with Crippen molar-refractivity contribution < 1.29 is 55.1 Å². The van der Waals surface area contributed by atoms with Crippen LogP contribution >= 0.6 is 0 Å². The van der Waals surface area contributed by atoms with Crippen molar-refractivity contribution in [2.75, 3.05) is 13.2 Å². The van der Waals surface area contributed by atoms with Crippen LogP contribution in [0.25, 0.3) is 0 Å². The van der Waals surface area contributed by atoms with Crippen molar-refractivity contribution >= 4 is 6.29 Å². The van der Waals surface area contributed by atoms with Crippen LogP contribution in [0.15, 0.2) is 0 Å². The van der Waals surface area contributed by atoms with Crippen LogP contribution in [0, 0.1) is 0 Å². The Kier molecular flexibility index (Phi) is 7.89. The summed E-state index contributed by atoms with van der Waals surface area (Å²) in [6.07, 6.45) is -15.3. The van der Waals surface area contributed by atoms with E-state index < -0.39 is 68.3 Å². The Morgan fingerprint density at radius 2 is 1.61 bits per heavy atom. The molecule has 23 heavy (non-hydrogen) atoms. The maximum Gasteiger partial charge on any atom is 0.186 e. The molecule has 0 bridgehead atoms. The predicted octanol–water partition coefficient (Wildman–Crippen LogP) is -5.55. The van der Waals surface area contributed by atoms with E-state index in [0.717, 1.165) is 0 Å². The molecule has 1 fully saturated rings. The van der Waals surface area contributed by atoms with Gasteiger partial charge in [0.05, 0.1) is 13.2 Å². The van der Waals surface area contributed by atoms with E-state index in [9.17, 15) is 35.4 Å². The number of hydrogen-bond donors (Lipinski definition) is 8. The van der Waals surface area contributed by atoms with Crippen LogP contribution < -0.4 is 0 Å². The summed E-state index contributed by atoms with van der Waals surface area (Å²) in [5.41, 5.74) is 0. The summed E-state index contributed by atoms with van der Waals surface area (Å²) in [7, 11) is 0. The number of ether oxygens (including phenoxy) is 2. The van der Waals surface area contributed by atoms with Gasteiger partial charge in [-0.05, 0) is 0 Å². The highest BCUT2D eigenvalue weighted by Gasteiger charge is 2.44. The minimum Gasteiger partial charge on any atom is -0.394 e. The molecule has 1 aliphatic heterocycles. The molecule has 11 heteroatoms. The van der Waals surface area contributed by atoms with Crippen LogP contribution in [0.2, 0.25) is 0 Å². The van der Waals surface area contributed by atoms with Gasteiger partial charge >= 0.3 is 0 Å². The molecular weight excluding hydrogens is 320 g/mol. The lowest BCUT2D eigenvalue weighted by atomic mass is 9.99. The Labute approximate surface area is 130 Å². The van der Waals surface area contributed by atoms with E-state index in [-0.39, 0.29) is 6.29 Å². The van der Waals surface area contributed by atoms with E-state index in [2.05, 4.69) is 0 Å². The Morgan fingerprint density at radius 1 is 1.00 bits per heavy atom. The lowest BCUT2D eigenvalue weighted by Gasteiger charge is -2.40. The fourth-order valence-corrected chi connectivity index (χ4v) is 2.01. The molecule has 1 rings (SSSR count). The SMILES string of the molecule is O=C[C@@H](O)[C@@H](O)[C@@H](O)[C@@H](O)CO[C@@H]1O[C@H](CO)[C@H](O)[C@H](O)[C@@H]1O. The summed E-state index contributed by atoms with van der Waals surface area (Å²) in [4.78, 5) is 10.3. The molecule has 9 atom stereocenters. The molecule has 0 aromatic heterocycles. The summed E-state index contributed by atoms with van der Waals surface area (Å²) in [6.45, 7) is -1.37. The summed E-state index contributed by atoms with van der Waals surface area (Å²) in [5, 5.41) is 75.4. The molecule has 0 amide bonds. The zero-order chi connectivity index (χ0) is 17.7. The number of aliphatic hydroxyl groups is 8. The van der Waals surface area contributed by atoms with Gasteiger partial charge in [-0.25, -0.2) is 0 Å². The minimum absolute atomic E-state index is 0.0287. The van der Waals surface area contributed by atoms with Crippen molar-refractivity contribution in [3.63, 3.8) is 0 Å². The van der Waals surface area contributed by atoms with Crippen molar-refractivity contribution in [3.05, 3.63) is 0 Å². The first kappa shape index (κ1) is 20.3. The molecule has 1 saturated heterocycles. The van der Waals surface area contributed by atoms with Gasteiger partial charge in [0, 0.05) is 0 Å². The molecule has 1 heterocycles. The molecule has 0 radical (unpaired) electrons. The van der Waals surface area contributed by atoms with E-state index in [1.165, 1.54) is 0 Å². The second-order valence-corrected chi connectivity index (χ2v) is 5.21. The molecule has 0 aromatic carbocycles. The number of aldehydes is 1. The monoisotopic (exact) mass is 342 g/mol. The molecule has 136 valence electrons. The summed E-state index contributed by atoms with van der Waals surface area (Å²) in [6, 6.07) is 0. The van der Waals surface area contributed by atoms with Crippen LogP contribution in [0.3, 0.4) is 0 Å². The first-order valence-corrected chi connectivity index (χ1v) is 6.84. The molecule has 1 aliphatic rings. The topological polar surface area (TPSA) is 197 Å². The quantitative estimate of drug-likeness (QED) is 0.196. The molecule has 11 nitrogen and oxygen atoms in total. The average Bonchev–Trinajstić information content (AvgIpc) is 2.56. The van der Waals surface area contributed by atoms with Gasteiger partial charge in [-0.15, -0.1) is 0 Å². The van der Waals surface area contributed by atoms with Gasteiger partial charge in [0.15, 0.2) is 12.6 Å². The number of carbonyl (C=O) groups is 1. The van der Waals surface area contributed by atoms with Crippen LogP contribution in [-0.2, 0) is 14.3 Å². The highest BCUT2D eigenvalue weighted by molar-refractivity contribution is 5.56. The number of aliphatic hydroxyl groups excluding tert-OH is 8. The van der Waals surface area contributed by atoms with Crippen molar-refractivity contribution in [1.82, 2.24) is 0 Å². The van der Waals surface area contributed by atoms with Gasteiger partial charge in [0.25, 0.3) is 0 Å². The highest BCUT2D eigenvalue weighted by atomic mass is 16.7. The largest absolute Gasteiger partial charge is 0.394 e. The average molecular weight is 342 g/mol. The minimum atomic E-state index is -1.96. The van der Waals surface area contributed by atoms with Gasteiger partial charge in [-0.1, -0.05) is 0 Å². The van der Waals surface area contributed by atoms with Gasteiger partial charge in [-0.3, -0.25) is 0 Å². The lowest BCUT2D eigenvalue weighted by Crippen LogP contribution is -2.59. The normalized spacial score (nSPS) is 37.0. The zero-order valence-corrected chi connectivity index (χ0v) is 12.0. The van der Waals surface area contributed by atoms with Crippen molar-refractivity contribution in [1.29, 1.82) is 0 Å². The van der Waals surface area contributed by atoms with E-state index in [0.29, 0.717) is 0 Å². The van der Waals surface area contributed by atoms with Gasteiger partial charge in [-0.2, -0.15) is 0 Å². The zero-order valence-electron chi connectivity index (χ0n) is 12.0. The highest BCUT2D eigenvalue weighted by Crippen LogP contribution is 2.22. The first-order valence-electron chi connectivity index (χ1n) is 6.84. The number of hydrogen-bond acceptors (Lipinski definition) is 11. The fourth-order valence-electron chi connectivity index (χ4n) is 2.01. The van der Waals surface area contributed by atoms with Crippen molar-refractivity contribution in [2.24, 2.45) is 0 Å². The Bertz CT molecular complexity index is 365. The van der Waals surface area contributed by atoms with Gasteiger partial charge in [0.2, 0.25) is 0 Å². The van der Waals surface area contributed by atoms with Crippen LogP contribution in [0.4, 0.5) is 0 Å². The van der Waals surface area contributed by atoms with Crippen LogP contribution in [0.5, 0.6) is 0 Å². The smallest absolute Gasteiger partial charge is 0.186 e. The van der Waals surface area contributed by atoms with E-state index in [4.69, 9.17) is 19.7 Å². The summed E-state index contributed by atoms with van der Waals surface area (Å²) < 4.78 is 9.94. The van der Waals surface area contributed by atoms with E-state index >= 15 is 0 Å². The van der Waals surface area contributed by atoms with Crippen LogP contribution in [0.1, 0.15) is 0 Å². The third-order valence-electron chi connectivity index (χ3n) is 3.51. The number of carbonyl (C=O) groups excluding carboxylic acids is 1. The molecule has 0 aliphatic carbocycles. The molecule has 0 aromatic rings. The van der Waals surface area contributed by atoms with E-state index in [1.807, 2.05) is 0 Å². The maximum absolute atomic E-state index is 10.3. The van der Waals surface area contributed by atoms with Crippen molar-refractivity contribution in [3.8, 4) is 0 Å². The Morgan fingerprint density at radius 3 is 2.13 bits per heavy atom. The Hall–Kier alpha value is -0.730. The Balaban J connectivity index is 2.57. The molecule has 8 N–H and O–H groups in total. The second-order valence-electron chi connectivity index (χ2n) is 5.21. The first-order chi connectivity index (χ1) is 10.7. The molecule has 0 saturated carbocycles. The standard InChI is InChI=1S/C12H22O11/c13-1-4(15)7(17)8(18)5(16)3-22-12-11(21)10(20)9(19)6(2-14)23-12/h1,4-12,14-21H,2-3H2/t4-,5+,6-,7-,8+,9+,10+,11+,12-/m1/s1. The third-order valence-corrected chi connectivity index (χ3v) is 3.51. The lowest BCUT2D eigenvalue weighted by molar-refractivity contribution is -0.306. The number of rotatable bonds is 8. The van der Waals surface area contributed by atoms with Crippen molar-refractivity contribution in [2.45, 2.75) is 55.1 Å². The van der Waals surface area contributed by atoms with Gasteiger partial charge in [0.1, 0.15) is 48.8 Å². The second kappa shape index (κ2) is 8.94. The van der Waals surface area contributed by atoms with E-state index in [1.54, 1.807) is 0 Å². The summed E-state index contributed by atoms with van der Waals surface area (Å²) in [5.74, 6) is 0. The molecule has 0 spiro atoms. The maximum atomic E-state index is 10.3. The van der Waals surface area contributed by atoms with Gasteiger partial charge < -0.3 is 55.1 Å². The van der Waals surface area contributed by atoms with Crippen LogP contribution in [-0.4, -0.2) is 115 Å². The molecule has 0 unspecified atom stereocenters. The fraction of sp³-hybridized carbons (Fsp3) is 0.917. The predicted molar refractivity (Wildman–Crippen MR) is 69.8 cm³/mol. The molecular formula is C12H22O11. The summed E-state index contributed by atoms with van der Waals surface area (Å²) >= 11 is 0. The third kappa shape index (κ3) is 4.87.